The number of carbonyl (C=O) groups excluding carboxylic acids is 1. The second-order valence-electron chi connectivity index (χ2n) is 6.62. The summed E-state index contributed by atoms with van der Waals surface area (Å²) < 4.78 is 42.3. The topological polar surface area (TPSA) is 97.9 Å². The van der Waals surface area contributed by atoms with E-state index in [1.807, 2.05) is 0 Å². The SMILES string of the molecule is O=C(c1ccnnc1)N1CCCC(c2ccnc(-c3noc(C(F)(F)F)n3)c2)C1. The molecule has 0 spiro atoms. The van der Waals surface area contributed by atoms with Gasteiger partial charge in [0.25, 0.3) is 5.91 Å². The first-order valence-corrected chi connectivity index (χ1v) is 8.85. The van der Waals surface area contributed by atoms with Crippen LogP contribution in [0.5, 0.6) is 0 Å². The molecule has 0 aromatic carbocycles. The lowest BCUT2D eigenvalue weighted by Crippen LogP contribution is -2.39. The fraction of sp³-hybridized carbons (Fsp3) is 0.333. The van der Waals surface area contributed by atoms with E-state index in [1.54, 1.807) is 23.1 Å². The molecular weight excluding hydrogens is 389 g/mol. The molecule has 1 aliphatic heterocycles. The smallest absolute Gasteiger partial charge is 0.338 e. The number of amides is 1. The molecule has 8 nitrogen and oxygen atoms in total. The van der Waals surface area contributed by atoms with Gasteiger partial charge in [0.2, 0.25) is 5.82 Å². The van der Waals surface area contributed by atoms with Crippen LogP contribution < -0.4 is 0 Å². The van der Waals surface area contributed by atoms with Gasteiger partial charge in [0.15, 0.2) is 0 Å². The molecule has 4 rings (SSSR count). The standard InChI is InChI=1S/C18H15F3N6O2/c19-18(20,21)17-25-15(26-29-17)14-8-11(3-5-22-14)13-2-1-7-27(10-13)16(28)12-4-6-23-24-9-12/h3-6,8-9,13H,1-2,7,10H2. The summed E-state index contributed by atoms with van der Waals surface area (Å²) in [5, 5.41) is 10.8. The molecule has 0 saturated carbocycles. The Bertz CT molecular complexity index is 1010. The number of rotatable bonds is 3. The second-order valence-corrected chi connectivity index (χ2v) is 6.62. The molecule has 150 valence electrons. The van der Waals surface area contributed by atoms with Crippen molar-refractivity contribution < 1.29 is 22.5 Å². The predicted octanol–water partition coefficient (Wildman–Crippen LogP) is 2.96. The van der Waals surface area contributed by atoms with Gasteiger partial charge in [0.1, 0.15) is 5.69 Å². The molecule has 0 N–H and O–H groups in total. The van der Waals surface area contributed by atoms with Gasteiger partial charge < -0.3 is 9.42 Å². The van der Waals surface area contributed by atoms with E-state index in [1.165, 1.54) is 18.6 Å². The van der Waals surface area contributed by atoms with Gasteiger partial charge in [-0.2, -0.15) is 28.4 Å². The molecule has 3 aromatic heterocycles. The number of piperidine rings is 1. The molecule has 1 saturated heterocycles. The van der Waals surface area contributed by atoms with Crippen LogP contribution in [-0.2, 0) is 6.18 Å². The predicted molar refractivity (Wildman–Crippen MR) is 92.4 cm³/mol. The number of alkyl halides is 3. The lowest BCUT2D eigenvalue weighted by molar-refractivity contribution is -0.159. The summed E-state index contributed by atoms with van der Waals surface area (Å²) in [5.41, 5.74) is 1.49. The molecule has 0 radical (unpaired) electrons. The minimum Gasteiger partial charge on any atom is -0.338 e. The maximum Gasteiger partial charge on any atom is 0.471 e. The van der Waals surface area contributed by atoms with Gasteiger partial charge >= 0.3 is 12.1 Å². The fourth-order valence-electron chi connectivity index (χ4n) is 3.30. The quantitative estimate of drug-likeness (QED) is 0.662. The highest BCUT2D eigenvalue weighted by molar-refractivity contribution is 5.93. The third-order valence-corrected chi connectivity index (χ3v) is 4.69. The van der Waals surface area contributed by atoms with Gasteiger partial charge in [-0.1, -0.05) is 5.16 Å². The van der Waals surface area contributed by atoms with Crippen LogP contribution >= 0.6 is 0 Å². The molecular formula is C18H15F3N6O2. The minimum atomic E-state index is -4.71. The van der Waals surface area contributed by atoms with E-state index < -0.39 is 12.1 Å². The van der Waals surface area contributed by atoms with Crippen molar-refractivity contribution in [3.05, 3.63) is 53.8 Å². The third kappa shape index (κ3) is 4.08. The lowest BCUT2D eigenvalue weighted by atomic mass is 9.90. The average Bonchev–Trinajstić information content (AvgIpc) is 3.25. The Morgan fingerprint density at radius 3 is 2.79 bits per heavy atom. The van der Waals surface area contributed by atoms with Gasteiger partial charge in [-0.25, -0.2) is 0 Å². The fourth-order valence-corrected chi connectivity index (χ4v) is 3.30. The van der Waals surface area contributed by atoms with Crippen molar-refractivity contribution in [2.75, 3.05) is 13.1 Å². The van der Waals surface area contributed by atoms with Crippen molar-refractivity contribution in [1.29, 1.82) is 0 Å². The summed E-state index contributed by atoms with van der Waals surface area (Å²) >= 11 is 0. The van der Waals surface area contributed by atoms with Crippen molar-refractivity contribution >= 4 is 5.91 Å². The zero-order chi connectivity index (χ0) is 20.4. The Morgan fingerprint density at radius 2 is 2.07 bits per heavy atom. The number of pyridine rings is 1. The van der Waals surface area contributed by atoms with E-state index in [2.05, 4.69) is 29.8 Å². The number of aromatic nitrogens is 5. The van der Waals surface area contributed by atoms with E-state index >= 15 is 0 Å². The Kier molecular flexibility index (Phi) is 4.95. The van der Waals surface area contributed by atoms with Gasteiger partial charge in [-0.15, -0.1) is 0 Å². The third-order valence-electron chi connectivity index (χ3n) is 4.69. The van der Waals surface area contributed by atoms with E-state index in [-0.39, 0.29) is 23.3 Å². The van der Waals surface area contributed by atoms with Crippen LogP contribution in [0.15, 0.2) is 41.3 Å². The van der Waals surface area contributed by atoms with Gasteiger partial charge in [0, 0.05) is 25.2 Å². The van der Waals surface area contributed by atoms with Crippen LogP contribution in [0, 0.1) is 0 Å². The van der Waals surface area contributed by atoms with Gasteiger partial charge in [-0.3, -0.25) is 9.78 Å². The molecule has 0 aliphatic carbocycles. The Balaban J connectivity index is 1.53. The van der Waals surface area contributed by atoms with E-state index in [0.717, 1.165) is 18.4 Å². The maximum absolute atomic E-state index is 12.7. The number of hydrogen-bond donors (Lipinski definition) is 0. The molecule has 1 unspecified atom stereocenters. The highest BCUT2D eigenvalue weighted by Crippen LogP contribution is 2.31. The molecule has 1 atom stereocenters. The summed E-state index contributed by atoms with van der Waals surface area (Å²) in [5.74, 6) is -1.77. The van der Waals surface area contributed by atoms with Crippen LogP contribution in [-0.4, -0.2) is 49.2 Å². The van der Waals surface area contributed by atoms with E-state index in [4.69, 9.17) is 0 Å². The minimum absolute atomic E-state index is 0.0123. The van der Waals surface area contributed by atoms with E-state index in [0.29, 0.717) is 18.7 Å². The first-order chi connectivity index (χ1) is 13.9. The molecule has 1 aliphatic rings. The van der Waals surface area contributed by atoms with Crippen LogP contribution in [0.4, 0.5) is 13.2 Å². The number of hydrogen-bond acceptors (Lipinski definition) is 7. The summed E-state index contributed by atoms with van der Waals surface area (Å²) in [6.07, 6.45) is 1.29. The van der Waals surface area contributed by atoms with Crippen LogP contribution in [0.3, 0.4) is 0 Å². The highest BCUT2D eigenvalue weighted by atomic mass is 19.4. The van der Waals surface area contributed by atoms with Crippen molar-refractivity contribution in [2.45, 2.75) is 24.9 Å². The number of halogens is 3. The molecule has 4 heterocycles. The maximum atomic E-state index is 12.7. The van der Waals surface area contributed by atoms with Gasteiger partial charge in [-0.05, 0) is 36.6 Å². The van der Waals surface area contributed by atoms with Crippen LogP contribution in [0.2, 0.25) is 0 Å². The van der Waals surface area contributed by atoms with Crippen LogP contribution in [0.25, 0.3) is 11.5 Å². The second kappa shape index (κ2) is 7.57. The van der Waals surface area contributed by atoms with E-state index in [9.17, 15) is 18.0 Å². The van der Waals surface area contributed by atoms with Gasteiger partial charge in [0.05, 0.1) is 18.0 Å². The molecule has 3 aromatic rings. The summed E-state index contributed by atoms with van der Waals surface area (Å²) in [7, 11) is 0. The summed E-state index contributed by atoms with van der Waals surface area (Å²) in [4.78, 5) is 21.8. The zero-order valence-corrected chi connectivity index (χ0v) is 15.0. The summed E-state index contributed by atoms with van der Waals surface area (Å²) in [6.45, 7) is 1.10. The monoisotopic (exact) mass is 404 g/mol. The molecule has 11 heteroatoms. The molecule has 0 bridgehead atoms. The van der Waals surface area contributed by atoms with Crippen molar-refractivity contribution in [3.8, 4) is 11.5 Å². The van der Waals surface area contributed by atoms with Crippen LogP contribution in [0.1, 0.15) is 40.6 Å². The molecule has 1 fully saturated rings. The Labute approximate surface area is 162 Å². The summed E-state index contributed by atoms with van der Waals surface area (Å²) in [6, 6.07) is 5.02. The average molecular weight is 404 g/mol. The first-order valence-electron chi connectivity index (χ1n) is 8.85. The largest absolute Gasteiger partial charge is 0.471 e. The Morgan fingerprint density at radius 1 is 1.21 bits per heavy atom. The normalized spacial score (nSPS) is 17.3. The Hall–Kier alpha value is -3.37. The highest BCUT2D eigenvalue weighted by Gasteiger charge is 2.38. The van der Waals surface area contributed by atoms with Crippen molar-refractivity contribution in [3.63, 3.8) is 0 Å². The number of nitrogens with zero attached hydrogens (tertiary/aromatic N) is 6. The molecule has 1 amide bonds. The molecule has 29 heavy (non-hydrogen) atoms. The van der Waals surface area contributed by atoms with Crippen molar-refractivity contribution in [1.82, 2.24) is 30.2 Å². The van der Waals surface area contributed by atoms with Crippen molar-refractivity contribution in [2.24, 2.45) is 0 Å². The zero-order valence-electron chi connectivity index (χ0n) is 15.0. The lowest BCUT2D eigenvalue weighted by Gasteiger charge is -2.33. The number of likely N-dealkylation sites (tertiary alicyclic amines) is 1. The number of carbonyl (C=O) groups is 1. The first kappa shape index (κ1) is 19.0.